The van der Waals surface area contributed by atoms with Crippen molar-refractivity contribution in [3.05, 3.63) is 16.1 Å². The van der Waals surface area contributed by atoms with E-state index in [-0.39, 0.29) is 0 Å². The zero-order chi connectivity index (χ0) is 14.9. The van der Waals surface area contributed by atoms with E-state index in [0.29, 0.717) is 0 Å². The fraction of sp³-hybridized carbons (Fsp3) is 0.750. The molecule has 1 aromatic heterocycles. The van der Waals surface area contributed by atoms with Gasteiger partial charge in [0.05, 0.1) is 6.54 Å². The molecule has 1 aromatic rings. The van der Waals surface area contributed by atoms with Gasteiger partial charge in [-0.15, -0.1) is 11.3 Å². The molecule has 0 amide bonds. The number of hydrogen-bond acceptors (Lipinski definition) is 3. The molecule has 1 aliphatic carbocycles. The van der Waals surface area contributed by atoms with Gasteiger partial charge in [0.15, 0.2) is 5.96 Å². The molecule has 0 bridgehead atoms. The Morgan fingerprint density at radius 3 is 2.86 bits per heavy atom. The van der Waals surface area contributed by atoms with E-state index in [1.807, 2.05) is 13.2 Å². The van der Waals surface area contributed by atoms with Crippen molar-refractivity contribution in [3.8, 4) is 0 Å². The third-order valence-corrected chi connectivity index (χ3v) is 5.28. The van der Waals surface area contributed by atoms with Gasteiger partial charge in [-0.05, 0) is 25.2 Å². The van der Waals surface area contributed by atoms with Gasteiger partial charge in [0.2, 0.25) is 0 Å². The topological polar surface area (TPSA) is 49.3 Å². The van der Waals surface area contributed by atoms with Crippen molar-refractivity contribution < 1.29 is 0 Å². The lowest BCUT2D eigenvalue weighted by Crippen LogP contribution is -2.37. The summed E-state index contributed by atoms with van der Waals surface area (Å²) in [6.07, 6.45) is 11.4. The number of aromatic nitrogens is 1. The Morgan fingerprint density at radius 1 is 1.38 bits per heavy atom. The van der Waals surface area contributed by atoms with Crippen LogP contribution in [0.1, 0.15) is 55.3 Å². The van der Waals surface area contributed by atoms with Gasteiger partial charge in [-0.2, -0.15) is 0 Å². The summed E-state index contributed by atoms with van der Waals surface area (Å²) in [5.74, 6) is 1.86. The van der Waals surface area contributed by atoms with Crippen LogP contribution in [0.3, 0.4) is 0 Å². The first-order valence-corrected chi connectivity index (χ1v) is 9.01. The SMILES string of the molecule is CCc1cnc(CNC(=NC)NCCCC2CCCC2)s1. The summed E-state index contributed by atoms with van der Waals surface area (Å²) in [4.78, 5) is 10.0. The van der Waals surface area contributed by atoms with E-state index >= 15 is 0 Å². The first-order chi connectivity index (χ1) is 10.3. The third-order valence-electron chi connectivity index (χ3n) is 4.14. The first-order valence-electron chi connectivity index (χ1n) is 8.20. The summed E-state index contributed by atoms with van der Waals surface area (Å²) >= 11 is 1.77. The monoisotopic (exact) mass is 308 g/mol. The molecular formula is C16H28N4S. The number of rotatable bonds is 7. The Hall–Kier alpha value is -1.10. The molecular weight excluding hydrogens is 280 g/mol. The van der Waals surface area contributed by atoms with Gasteiger partial charge < -0.3 is 10.6 Å². The summed E-state index contributed by atoms with van der Waals surface area (Å²) in [6, 6.07) is 0. The van der Waals surface area contributed by atoms with Gasteiger partial charge in [0, 0.05) is 24.7 Å². The van der Waals surface area contributed by atoms with Crippen LogP contribution in [0.15, 0.2) is 11.2 Å². The summed E-state index contributed by atoms with van der Waals surface area (Å²) in [5.41, 5.74) is 0. The second-order valence-corrected chi connectivity index (χ2v) is 6.92. The van der Waals surface area contributed by atoms with E-state index in [1.165, 1.54) is 43.4 Å². The van der Waals surface area contributed by atoms with Crippen molar-refractivity contribution in [3.63, 3.8) is 0 Å². The largest absolute Gasteiger partial charge is 0.356 e. The predicted molar refractivity (Wildman–Crippen MR) is 90.9 cm³/mol. The zero-order valence-electron chi connectivity index (χ0n) is 13.3. The zero-order valence-corrected chi connectivity index (χ0v) is 14.1. The molecule has 5 heteroatoms. The number of aliphatic imine (C=N–C) groups is 1. The van der Waals surface area contributed by atoms with Crippen LogP contribution in [0.25, 0.3) is 0 Å². The van der Waals surface area contributed by atoms with Gasteiger partial charge in [-0.1, -0.05) is 32.6 Å². The highest BCUT2D eigenvalue weighted by atomic mass is 32.1. The van der Waals surface area contributed by atoms with Crippen LogP contribution in [0.2, 0.25) is 0 Å². The smallest absolute Gasteiger partial charge is 0.191 e. The van der Waals surface area contributed by atoms with Crippen LogP contribution in [0.4, 0.5) is 0 Å². The van der Waals surface area contributed by atoms with Crippen LogP contribution in [-0.2, 0) is 13.0 Å². The van der Waals surface area contributed by atoms with Gasteiger partial charge in [-0.25, -0.2) is 4.98 Å². The lowest BCUT2D eigenvalue weighted by Gasteiger charge is -2.12. The molecule has 2 N–H and O–H groups in total. The van der Waals surface area contributed by atoms with E-state index in [1.54, 1.807) is 11.3 Å². The van der Waals surface area contributed by atoms with E-state index in [0.717, 1.165) is 36.4 Å². The van der Waals surface area contributed by atoms with Crippen LogP contribution in [-0.4, -0.2) is 24.5 Å². The quantitative estimate of drug-likeness (QED) is 0.461. The van der Waals surface area contributed by atoms with Gasteiger partial charge in [0.1, 0.15) is 5.01 Å². The van der Waals surface area contributed by atoms with Crippen LogP contribution >= 0.6 is 11.3 Å². The van der Waals surface area contributed by atoms with Crippen molar-refractivity contribution in [1.82, 2.24) is 15.6 Å². The molecule has 21 heavy (non-hydrogen) atoms. The highest BCUT2D eigenvalue weighted by Crippen LogP contribution is 2.28. The molecule has 1 heterocycles. The molecule has 0 aromatic carbocycles. The average Bonchev–Trinajstić information content (AvgIpc) is 3.17. The predicted octanol–water partition coefficient (Wildman–Crippen LogP) is 3.34. The minimum Gasteiger partial charge on any atom is -0.356 e. The van der Waals surface area contributed by atoms with Gasteiger partial charge in [-0.3, -0.25) is 4.99 Å². The fourth-order valence-electron chi connectivity index (χ4n) is 2.87. The fourth-order valence-corrected chi connectivity index (χ4v) is 3.67. The molecule has 1 saturated carbocycles. The normalized spacial score (nSPS) is 16.4. The van der Waals surface area contributed by atoms with Crippen molar-refractivity contribution in [2.24, 2.45) is 10.9 Å². The Bertz CT molecular complexity index is 435. The van der Waals surface area contributed by atoms with Crippen molar-refractivity contribution in [1.29, 1.82) is 0 Å². The van der Waals surface area contributed by atoms with Crippen LogP contribution < -0.4 is 10.6 Å². The maximum atomic E-state index is 4.42. The second-order valence-electron chi connectivity index (χ2n) is 5.72. The third kappa shape index (κ3) is 5.65. The molecule has 0 unspecified atom stereocenters. The van der Waals surface area contributed by atoms with E-state index in [2.05, 4.69) is 27.5 Å². The summed E-state index contributed by atoms with van der Waals surface area (Å²) in [5, 5.41) is 7.86. The number of nitrogens with one attached hydrogen (secondary N) is 2. The lowest BCUT2D eigenvalue weighted by molar-refractivity contribution is 0.481. The Kier molecular flexibility index (Phi) is 7.00. The summed E-state index contributed by atoms with van der Waals surface area (Å²) < 4.78 is 0. The van der Waals surface area contributed by atoms with E-state index in [9.17, 15) is 0 Å². The van der Waals surface area contributed by atoms with Crippen molar-refractivity contribution in [2.45, 2.75) is 58.4 Å². The number of nitrogens with zero attached hydrogens (tertiary/aromatic N) is 2. The highest BCUT2D eigenvalue weighted by Gasteiger charge is 2.14. The molecule has 0 aliphatic heterocycles. The second kappa shape index (κ2) is 9.03. The molecule has 0 radical (unpaired) electrons. The van der Waals surface area contributed by atoms with Crippen LogP contribution in [0.5, 0.6) is 0 Å². The molecule has 4 nitrogen and oxygen atoms in total. The highest BCUT2D eigenvalue weighted by molar-refractivity contribution is 7.11. The van der Waals surface area contributed by atoms with Crippen LogP contribution in [0, 0.1) is 5.92 Å². The molecule has 1 fully saturated rings. The molecule has 1 aliphatic rings. The Balaban J connectivity index is 1.61. The van der Waals surface area contributed by atoms with Crippen molar-refractivity contribution in [2.75, 3.05) is 13.6 Å². The lowest BCUT2D eigenvalue weighted by atomic mass is 10.0. The molecule has 118 valence electrons. The molecule has 2 rings (SSSR count). The Labute approximate surface area is 132 Å². The summed E-state index contributed by atoms with van der Waals surface area (Å²) in [6.45, 7) is 3.93. The molecule has 0 spiro atoms. The first kappa shape index (κ1) is 16.3. The molecule has 0 saturated heterocycles. The molecule has 0 atom stereocenters. The Morgan fingerprint density at radius 2 is 2.19 bits per heavy atom. The minimum absolute atomic E-state index is 0.757. The maximum absolute atomic E-state index is 4.42. The number of thiazole rings is 1. The standard InChI is InChI=1S/C16H28N4S/c1-3-14-11-19-15(21-14)12-20-16(17-2)18-10-6-9-13-7-4-5-8-13/h11,13H,3-10,12H2,1-2H3,(H2,17,18,20). The number of aryl methyl sites for hydroxylation is 1. The van der Waals surface area contributed by atoms with Gasteiger partial charge >= 0.3 is 0 Å². The number of guanidine groups is 1. The van der Waals surface area contributed by atoms with Crippen molar-refractivity contribution >= 4 is 17.3 Å². The number of hydrogen-bond donors (Lipinski definition) is 2. The van der Waals surface area contributed by atoms with E-state index in [4.69, 9.17) is 0 Å². The maximum Gasteiger partial charge on any atom is 0.191 e. The van der Waals surface area contributed by atoms with E-state index < -0.39 is 0 Å². The minimum atomic E-state index is 0.757. The van der Waals surface area contributed by atoms with Gasteiger partial charge in [0.25, 0.3) is 0 Å². The average molecular weight is 308 g/mol. The summed E-state index contributed by atoms with van der Waals surface area (Å²) in [7, 11) is 1.83.